The van der Waals surface area contributed by atoms with E-state index in [4.69, 9.17) is 40.5 Å². The summed E-state index contributed by atoms with van der Waals surface area (Å²) in [6, 6.07) is 0. The molecule has 0 amide bonds. The van der Waals surface area contributed by atoms with E-state index in [1.54, 1.807) is 0 Å². The molecule has 15 heavy (non-hydrogen) atoms. The van der Waals surface area contributed by atoms with Gasteiger partial charge in [0.05, 0.1) is 0 Å². The molecular weight excluding hydrogens is 369 g/mol. The van der Waals surface area contributed by atoms with Gasteiger partial charge in [0.25, 0.3) is 0 Å². The minimum absolute atomic E-state index is 0. The van der Waals surface area contributed by atoms with E-state index in [1.165, 1.54) is 21.4 Å². The van der Waals surface area contributed by atoms with Gasteiger partial charge in [0, 0.05) is 0 Å². The molecule has 0 aromatic carbocycles. The van der Waals surface area contributed by atoms with Crippen molar-refractivity contribution in [2.24, 2.45) is 21.4 Å². The van der Waals surface area contributed by atoms with Crippen molar-refractivity contribution in [1.29, 1.82) is 0 Å². The van der Waals surface area contributed by atoms with Gasteiger partial charge in [0.15, 0.2) is 21.4 Å². The van der Waals surface area contributed by atoms with Gasteiger partial charge < -0.3 is 20.8 Å². The molecule has 0 aromatic heterocycles. The van der Waals surface area contributed by atoms with Crippen molar-refractivity contribution in [2.75, 3.05) is 0 Å². The van der Waals surface area contributed by atoms with Gasteiger partial charge >= 0.3 is 123 Å². The van der Waals surface area contributed by atoms with Gasteiger partial charge in [-0.15, -0.1) is 19.6 Å². The fourth-order valence-corrected chi connectivity index (χ4v) is 0. The maximum Gasteiger partial charge on any atom is 2.00 e. The van der Waals surface area contributed by atoms with E-state index in [0.717, 1.165) is 0 Å². The molecule has 0 radical (unpaired) electrons. The molecule has 80 valence electrons. The third-order valence-electron chi connectivity index (χ3n) is 0. The molecule has 0 aliphatic heterocycles. The van der Waals surface area contributed by atoms with Crippen LogP contribution in [0.15, 0.2) is 21.4 Å². The monoisotopic (exact) mass is 372 g/mol. The van der Waals surface area contributed by atoms with Crippen molar-refractivity contribution in [3.63, 3.8) is 0 Å². The zero-order valence-electron chi connectivity index (χ0n) is 7.53. The summed E-state index contributed by atoms with van der Waals surface area (Å²) in [6.07, 6.45) is 0. The first-order valence-electron chi connectivity index (χ1n) is 1.53. The first kappa shape index (κ1) is 43.9. The fourth-order valence-electron chi connectivity index (χ4n) is 0. The molecule has 0 aliphatic carbocycles. The second-order valence-corrected chi connectivity index (χ2v) is 0.327. The minimum Gasteiger partial charge on any atom is -0.379 e. The van der Waals surface area contributed by atoms with Gasteiger partial charge in [0.1, 0.15) is 0 Å². The average molecular weight is 373 g/mol. The van der Waals surface area contributed by atoms with Gasteiger partial charge in [-0.2, -0.15) is 0 Å². The summed E-state index contributed by atoms with van der Waals surface area (Å²) in [6.45, 7) is 0. The summed E-state index contributed by atoms with van der Waals surface area (Å²) in [4.78, 5) is 32.4. The molecular formula is H4K2N4O8Pd+4. The minimum atomic E-state index is 0. The van der Waals surface area contributed by atoms with Crippen molar-refractivity contribution in [3.05, 3.63) is 19.6 Å². The number of rotatable bonds is 0. The molecule has 0 rings (SSSR count). The molecule has 0 fully saturated rings. The molecule has 0 saturated heterocycles. The summed E-state index contributed by atoms with van der Waals surface area (Å²) >= 11 is 0. The summed E-state index contributed by atoms with van der Waals surface area (Å²) in [5.41, 5.74) is 0. The standard InChI is InChI=1S/2K.4HNO2.Pd/c;;4*2-1-3;/h;;4*(H,2,3);/q2*+1;;;;;+2. The van der Waals surface area contributed by atoms with Crippen LogP contribution in [0.1, 0.15) is 0 Å². The predicted octanol–water partition coefficient (Wildman–Crippen LogP) is -5.43. The Labute approximate surface area is 181 Å². The van der Waals surface area contributed by atoms with Crippen molar-refractivity contribution in [3.8, 4) is 0 Å². The first-order chi connectivity index (χ1) is 5.66. The second kappa shape index (κ2) is 107. The van der Waals surface area contributed by atoms with Crippen molar-refractivity contribution < 1.29 is 144 Å². The third kappa shape index (κ3) is 1210. The Bertz CT molecular complexity index is 78.6. The normalized spacial score (nSPS) is 3.20. The zero-order valence-corrected chi connectivity index (χ0v) is 15.3. The Hall–Kier alpha value is 1.54. The van der Waals surface area contributed by atoms with Crippen LogP contribution in [0.3, 0.4) is 0 Å². The molecule has 4 N–H and O–H groups in total. The Morgan fingerprint density at radius 3 is 0.533 bits per heavy atom. The van der Waals surface area contributed by atoms with Crippen LogP contribution in [0.2, 0.25) is 0 Å². The molecule has 12 nitrogen and oxygen atoms in total. The summed E-state index contributed by atoms with van der Waals surface area (Å²) in [7, 11) is 0. The second-order valence-electron chi connectivity index (χ2n) is 0.327. The molecule has 0 saturated carbocycles. The molecule has 0 atom stereocenters. The van der Waals surface area contributed by atoms with E-state index in [-0.39, 0.29) is 123 Å². The van der Waals surface area contributed by atoms with E-state index < -0.39 is 0 Å². The molecule has 0 spiro atoms. The van der Waals surface area contributed by atoms with Crippen molar-refractivity contribution in [1.82, 2.24) is 0 Å². The summed E-state index contributed by atoms with van der Waals surface area (Å²) in [5, 5.41) is 31.6. The van der Waals surface area contributed by atoms with Gasteiger partial charge in [0.2, 0.25) is 0 Å². The van der Waals surface area contributed by atoms with Crippen LogP contribution in [0.5, 0.6) is 0 Å². The zero-order chi connectivity index (χ0) is 10.8. The first-order valence-corrected chi connectivity index (χ1v) is 1.53. The van der Waals surface area contributed by atoms with Crippen LogP contribution < -0.4 is 103 Å². The van der Waals surface area contributed by atoms with Crippen molar-refractivity contribution >= 4 is 0 Å². The smallest absolute Gasteiger partial charge is 0.379 e. The fraction of sp³-hybridized carbons (Fsp3) is 0. The van der Waals surface area contributed by atoms with Crippen LogP contribution in [0.25, 0.3) is 0 Å². The number of hydrogen-bond donors (Lipinski definition) is 4. The Balaban J connectivity index is -0.0000000107. The molecule has 0 unspecified atom stereocenters. The van der Waals surface area contributed by atoms with E-state index in [0.29, 0.717) is 0 Å². The molecule has 0 aliphatic rings. The number of hydrogen-bond acceptors (Lipinski definition) is 8. The maximum absolute atomic E-state index is 8.11. The van der Waals surface area contributed by atoms with E-state index in [1.807, 2.05) is 0 Å². The molecule has 0 bridgehead atoms. The van der Waals surface area contributed by atoms with E-state index in [2.05, 4.69) is 0 Å². The predicted molar refractivity (Wildman–Crippen MR) is 30.3 cm³/mol. The van der Waals surface area contributed by atoms with Crippen LogP contribution >= 0.6 is 0 Å². The largest absolute Gasteiger partial charge is 2.00 e. The maximum atomic E-state index is 8.11. The van der Waals surface area contributed by atoms with Crippen LogP contribution in [0, 0.1) is 19.6 Å². The molecule has 0 aromatic rings. The number of nitrogens with zero attached hydrogens (tertiary/aromatic N) is 4. The van der Waals surface area contributed by atoms with Gasteiger partial charge in [-0.1, -0.05) is 0 Å². The van der Waals surface area contributed by atoms with Crippen LogP contribution in [-0.2, 0) is 20.4 Å². The topological polar surface area (TPSA) is 199 Å². The molecule has 15 heteroatoms. The Morgan fingerprint density at radius 1 is 0.533 bits per heavy atom. The van der Waals surface area contributed by atoms with Gasteiger partial charge in [-0.3, -0.25) is 0 Å². The summed E-state index contributed by atoms with van der Waals surface area (Å²) < 4.78 is 0. The van der Waals surface area contributed by atoms with Gasteiger partial charge in [-0.25, -0.2) is 0 Å². The van der Waals surface area contributed by atoms with E-state index in [9.17, 15) is 0 Å². The van der Waals surface area contributed by atoms with Crippen LogP contribution in [0.4, 0.5) is 0 Å². The SMILES string of the molecule is O=NO.O=NO.O=NO.O=NO.[K+].[K+].[Pd+2]. The summed E-state index contributed by atoms with van der Waals surface area (Å²) in [5.74, 6) is 0. The Kier molecular flexibility index (Phi) is 313. The average Bonchev–Trinajstić information content (AvgIpc) is 1.92. The Morgan fingerprint density at radius 2 is 0.533 bits per heavy atom. The third-order valence-corrected chi connectivity index (χ3v) is 0. The van der Waals surface area contributed by atoms with E-state index >= 15 is 0 Å². The van der Waals surface area contributed by atoms with Crippen molar-refractivity contribution in [2.45, 2.75) is 0 Å². The van der Waals surface area contributed by atoms with Crippen LogP contribution in [-0.4, -0.2) is 20.8 Å². The quantitative estimate of drug-likeness (QED) is 0.183. The molecule has 0 heterocycles. The van der Waals surface area contributed by atoms with Gasteiger partial charge in [-0.05, 0) is 0 Å².